The highest BCUT2D eigenvalue weighted by atomic mass is 16.5. The molecule has 1 heterocycles. The van der Waals surface area contributed by atoms with Gasteiger partial charge >= 0.3 is 0 Å². The van der Waals surface area contributed by atoms with E-state index in [4.69, 9.17) is 10.5 Å². The summed E-state index contributed by atoms with van der Waals surface area (Å²) >= 11 is 0. The minimum atomic E-state index is 0.00116. The van der Waals surface area contributed by atoms with E-state index in [1.54, 1.807) is 7.05 Å². The largest absolute Gasteiger partial charge is 0.464 e. The molecule has 7 nitrogen and oxygen atoms in total. The quantitative estimate of drug-likeness (QED) is 0.196. The van der Waals surface area contributed by atoms with Crippen LogP contribution in [0.2, 0.25) is 0 Å². The van der Waals surface area contributed by atoms with E-state index in [0.717, 1.165) is 36.2 Å². The van der Waals surface area contributed by atoms with Crippen molar-refractivity contribution in [1.29, 1.82) is 0 Å². The molecule has 0 amide bonds. The maximum atomic E-state index is 10.5. The predicted octanol–water partition coefficient (Wildman–Crippen LogP) is 4.33. The Bertz CT molecular complexity index is 1260. The summed E-state index contributed by atoms with van der Waals surface area (Å²) in [5.74, 6) is 1.62. The second-order valence-corrected chi connectivity index (χ2v) is 9.40. The zero-order valence-electron chi connectivity index (χ0n) is 20.3. The number of nitrogens with zero attached hydrogens (tertiary/aromatic N) is 2. The van der Waals surface area contributed by atoms with Gasteiger partial charge in [0.05, 0.1) is 6.04 Å². The van der Waals surface area contributed by atoms with Crippen molar-refractivity contribution in [3.8, 4) is 11.1 Å². The molecule has 1 unspecified atom stereocenters. The molecule has 35 heavy (non-hydrogen) atoms. The molecule has 0 bridgehead atoms. The second kappa shape index (κ2) is 9.41. The van der Waals surface area contributed by atoms with Crippen molar-refractivity contribution < 1.29 is 9.53 Å². The van der Waals surface area contributed by atoms with Crippen LogP contribution in [0.15, 0.2) is 53.8 Å². The number of anilines is 1. The van der Waals surface area contributed by atoms with Crippen molar-refractivity contribution in [2.75, 3.05) is 12.4 Å². The van der Waals surface area contributed by atoms with Crippen LogP contribution in [0.25, 0.3) is 11.1 Å². The first-order valence-electron chi connectivity index (χ1n) is 12.1. The van der Waals surface area contributed by atoms with Crippen LogP contribution < -0.4 is 16.5 Å². The van der Waals surface area contributed by atoms with Crippen LogP contribution in [0.1, 0.15) is 58.2 Å². The lowest BCUT2D eigenvalue weighted by Gasteiger charge is -2.18. The first-order valence-corrected chi connectivity index (χ1v) is 12.1. The lowest BCUT2D eigenvalue weighted by Crippen LogP contribution is -2.17. The van der Waals surface area contributed by atoms with Crippen molar-refractivity contribution in [3.05, 3.63) is 82.0 Å². The smallest absolute Gasteiger partial charge is 0.293 e. The topological polar surface area (TPSA) is 102 Å². The predicted molar refractivity (Wildman–Crippen MR) is 138 cm³/mol. The number of aromatic nitrogens is 1. The van der Waals surface area contributed by atoms with Gasteiger partial charge in [-0.2, -0.15) is 5.10 Å². The van der Waals surface area contributed by atoms with Crippen LogP contribution in [0, 0.1) is 13.8 Å². The van der Waals surface area contributed by atoms with Crippen LogP contribution in [0.5, 0.6) is 0 Å². The molecule has 2 aliphatic carbocycles. The number of pyridine rings is 1. The molecule has 5 rings (SSSR count). The fraction of sp³-hybridized carbons (Fsp3) is 0.321. The Morgan fingerprint density at radius 1 is 1.20 bits per heavy atom. The van der Waals surface area contributed by atoms with Crippen molar-refractivity contribution in [2.45, 2.75) is 51.2 Å². The number of aryl methyl sites for hydroxylation is 2. The summed E-state index contributed by atoms with van der Waals surface area (Å²) < 4.78 is 5.05. The van der Waals surface area contributed by atoms with Crippen molar-refractivity contribution in [1.82, 2.24) is 10.4 Å². The third-order valence-electron chi connectivity index (χ3n) is 7.10. The molecule has 1 fully saturated rings. The van der Waals surface area contributed by atoms with Crippen molar-refractivity contribution >= 4 is 18.1 Å². The molecule has 2 aliphatic rings. The fourth-order valence-electron chi connectivity index (χ4n) is 5.39. The molecule has 0 radical (unpaired) electrons. The number of benzene rings is 2. The van der Waals surface area contributed by atoms with E-state index in [0.29, 0.717) is 12.3 Å². The number of fused-ring (bicyclic) bond motifs is 1. The standard InChI is InChI=1S/C28H31N5O2/c1-16-11-19(28(29)33-30-3)12-17(2)27(16)22-6-4-5-21-20(22)8-9-24(21)32-26-10-7-18(14-31-26)23-13-25(23)35-15-34/h4-7,10-12,14-15,23-25,30H,8-9,13H2,1-3H3,(H2,29,33)(H,31,32)/t23?,24-,25+/m1/s1. The fourth-order valence-corrected chi connectivity index (χ4v) is 5.39. The highest BCUT2D eigenvalue weighted by Gasteiger charge is 2.40. The summed E-state index contributed by atoms with van der Waals surface area (Å²) in [7, 11) is 1.75. The van der Waals surface area contributed by atoms with Gasteiger partial charge < -0.3 is 21.2 Å². The van der Waals surface area contributed by atoms with Gasteiger partial charge in [-0.25, -0.2) is 4.98 Å². The molecule has 2 aromatic carbocycles. The van der Waals surface area contributed by atoms with E-state index in [1.165, 1.54) is 33.4 Å². The summed E-state index contributed by atoms with van der Waals surface area (Å²) in [6.45, 7) is 4.81. The first kappa shape index (κ1) is 22.9. The molecule has 0 aliphatic heterocycles. The summed E-state index contributed by atoms with van der Waals surface area (Å²) in [5, 5.41) is 7.76. The van der Waals surface area contributed by atoms with Gasteiger partial charge in [0, 0.05) is 24.7 Å². The Kier molecular flexibility index (Phi) is 6.16. The van der Waals surface area contributed by atoms with Gasteiger partial charge in [-0.1, -0.05) is 24.3 Å². The van der Waals surface area contributed by atoms with E-state index in [9.17, 15) is 4.79 Å². The Balaban J connectivity index is 1.38. The molecular weight excluding hydrogens is 438 g/mol. The lowest BCUT2D eigenvalue weighted by molar-refractivity contribution is -0.129. The minimum Gasteiger partial charge on any atom is -0.464 e. The van der Waals surface area contributed by atoms with Crippen LogP contribution in [0.3, 0.4) is 0 Å². The molecule has 3 aromatic rings. The Morgan fingerprint density at radius 3 is 2.69 bits per heavy atom. The Hall–Kier alpha value is -3.87. The van der Waals surface area contributed by atoms with Crippen LogP contribution >= 0.6 is 0 Å². The van der Waals surface area contributed by atoms with E-state index >= 15 is 0 Å². The number of nitrogens with two attached hydrogens (primary N) is 1. The average Bonchev–Trinajstić information content (AvgIpc) is 3.50. The summed E-state index contributed by atoms with van der Waals surface area (Å²) in [4.78, 5) is 15.2. The van der Waals surface area contributed by atoms with E-state index in [2.05, 4.69) is 71.1 Å². The third kappa shape index (κ3) is 4.46. The molecule has 7 heteroatoms. The van der Waals surface area contributed by atoms with Crippen LogP contribution in [0.4, 0.5) is 5.82 Å². The average molecular weight is 470 g/mol. The number of rotatable bonds is 8. The SMILES string of the molecule is CN/N=C(\N)c1cc(C)c(-c2cccc3c2CC[C@H]3Nc2ccc(C3C[C@@H]3OC=O)cn2)c(C)c1. The molecule has 1 saturated carbocycles. The van der Waals surface area contributed by atoms with E-state index in [1.807, 2.05) is 12.3 Å². The van der Waals surface area contributed by atoms with Gasteiger partial charge in [-0.05, 0) is 90.3 Å². The molecule has 180 valence electrons. The van der Waals surface area contributed by atoms with Gasteiger partial charge in [0.2, 0.25) is 0 Å². The second-order valence-electron chi connectivity index (χ2n) is 9.40. The van der Waals surface area contributed by atoms with Gasteiger partial charge in [-0.15, -0.1) is 0 Å². The van der Waals surface area contributed by atoms with E-state index in [-0.39, 0.29) is 18.1 Å². The lowest BCUT2D eigenvalue weighted by atomic mass is 9.89. The molecule has 3 atom stereocenters. The monoisotopic (exact) mass is 469 g/mol. The van der Waals surface area contributed by atoms with Crippen molar-refractivity contribution in [2.24, 2.45) is 10.8 Å². The highest BCUT2D eigenvalue weighted by Crippen LogP contribution is 2.44. The number of carbonyl (C=O) groups is 1. The maximum Gasteiger partial charge on any atom is 0.293 e. The molecule has 4 N–H and O–H groups in total. The van der Waals surface area contributed by atoms with Crippen LogP contribution in [-0.2, 0) is 16.0 Å². The molecule has 0 saturated heterocycles. The summed E-state index contributed by atoms with van der Waals surface area (Å²) in [5.41, 5.74) is 18.6. The number of nitrogens with one attached hydrogen (secondary N) is 2. The molecular formula is C28H31N5O2. The Morgan fingerprint density at radius 2 is 2.00 bits per heavy atom. The number of hydrogen-bond donors (Lipinski definition) is 3. The minimum absolute atomic E-state index is 0.00116. The zero-order chi connectivity index (χ0) is 24.5. The number of carbonyl (C=O) groups excluding carboxylic acids is 1. The molecule has 1 aromatic heterocycles. The number of hydrogen-bond acceptors (Lipinski definition) is 6. The van der Waals surface area contributed by atoms with Gasteiger partial charge in [0.15, 0.2) is 5.84 Å². The number of amidine groups is 1. The molecule has 0 spiro atoms. The first-order chi connectivity index (χ1) is 17.0. The summed E-state index contributed by atoms with van der Waals surface area (Å²) in [6, 6.07) is 15.1. The maximum absolute atomic E-state index is 10.5. The highest BCUT2D eigenvalue weighted by molar-refractivity contribution is 5.98. The third-order valence-corrected chi connectivity index (χ3v) is 7.10. The van der Waals surface area contributed by atoms with E-state index < -0.39 is 0 Å². The van der Waals surface area contributed by atoms with Gasteiger partial charge in [-0.3, -0.25) is 4.79 Å². The number of ether oxygens (including phenoxy) is 1. The van der Waals surface area contributed by atoms with Gasteiger partial charge in [0.25, 0.3) is 6.47 Å². The van der Waals surface area contributed by atoms with Gasteiger partial charge in [0.1, 0.15) is 11.9 Å². The normalized spacial score (nSPS) is 20.8. The zero-order valence-corrected chi connectivity index (χ0v) is 20.3. The van der Waals surface area contributed by atoms with Crippen LogP contribution in [-0.4, -0.2) is 30.4 Å². The Labute approximate surface area is 205 Å². The van der Waals surface area contributed by atoms with Crippen molar-refractivity contribution in [3.63, 3.8) is 0 Å². The number of hydrazone groups is 1. The summed E-state index contributed by atoms with van der Waals surface area (Å²) in [6.07, 6.45) is 4.80.